The molecule has 4 nitrogen and oxygen atoms in total. The van der Waals surface area contributed by atoms with E-state index < -0.39 is 0 Å². The van der Waals surface area contributed by atoms with Crippen molar-refractivity contribution in [3.63, 3.8) is 0 Å². The van der Waals surface area contributed by atoms with Crippen LogP contribution in [0.5, 0.6) is 0 Å². The molecule has 2 fully saturated rings. The van der Waals surface area contributed by atoms with Crippen molar-refractivity contribution in [3.05, 3.63) is 82.3 Å². The summed E-state index contributed by atoms with van der Waals surface area (Å²) in [7, 11) is 0. The number of piperidine rings is 1. The molecule has 0 aromatic heterocycles. The van der Waals surface area contributed by atoms with Gasteiger partial charge < -0.3 is 9.80 Å². The molecule has 0 saturated carbocycles. The molecule has 2 amide bonds. The number of rotatable bonds is 2. The molecule has 2 heterocycles. The summed E-state index contributed by atoms with van der Waals surface area (Å²) < 4.78 is 0.967. The van der Waals surface area contributed by atoms with Crippen LogP contribution >= 0.6 is 27.7 Å². The number of benzene rings is 3. The summed E-state index contributed by atoms with van der Waals surface area (Å²) in [5.41, 5.74) is 1.48. The largest absolute Gasteiger partial charge is 0.338 e. The van der Waals surface area contributed by atoms with Gasteiger partial charge in [0.1, 0.15) is 0 Å². The van der Waals surface area contributed by atoms with Gasteiger partial charge in [-0.1, -0.05) is 52.3 Å². The number of thioether (sulfide) groups is 1. The van der Waals surface area contributed by atoms with Crippen LogP contribution in [0, 0.1) is 0 Å². The molecule has 0 N–H and O–H groups in total. The van der Waals surface area contributed by atoms with Gasteiger partial charge in [0.25, 0.3) is 11.8 Å². The van der Waals surface area contributed by atoms with Crippen molar-refractivity contribution >= 4 is 50.3 Å². The van der Waals surface area contributed by atoms with Gasteiger partial charge >= 0.3 is 0 Å². The topological polar surface area (TPSA) is 40.6 Å². The number of hydrogen-bond donors (Lipinski definition) is 0. The third-order valence-corrected chi connectivity index (χ3v) is 8.45. The molecule has 1 spiro atoms. The molecule has 0 bridgehead atoms. The second kappa shape index (κ2) is 8.32. The van der Waals surface area contributed by atoms with Crippen molar-refractivity contribution in [2.24, 2.45) is 0 Å². The summed E-state index contributed by atoms with van der Waals surface area (Å²) in [4.78, 5) is 30.3. The van der Waals surface area contributed by atoms with Gasteiger partial charge in [0.15, 0.2) is 0 Å². The predicted octanol–water partition coefficient (Wildman–Crippen LogP) is 5.42. The highest BCUT2D eigenvalue weighted by Crippen LogP contribution is 2.44. The first-order valence-electron chi connectivity index (χ1n) is 10.6. The Morgan fingerprint density at radius 1 is 0.839 bits per heavy atom. The van der Waals surface area contributed by atoms with Crippen LogP contribution in [0.3, 0.4) is 0 Å². The van der Waals surface area contributed by atoms with Gasteiger partial charge in [-0.2, -0.15) is 0 Å². The molecular formula is C25H23BrN2O2S. The Bertz CT molecular complexity index is 1130. The molecule has 158 valence electrons. The minimum atomic E-state index is -0.209. The molecule has 0 atom stereocenters. The molecule has 0 radical (unpaired) electrons. The summed E-state index contributed by atoms with van der Waals surface area (Å²) in [6.07, 6.45) is 1.60. The van der Waals surface area contributed by atoms with E-state index in [1.807, 2.05) is 88.3 Å². The van der Waals surface area contributed by atoms with Crippen molar-refractivity contribution < 1.29 is 9.59 Å². The van der Waals surface area contributed by atoms with Crippen LogP contribution in [0.4, 0.5) is 0 Å². The molecule has 6 heteroatoms. The lowest BCUT2D eigenvalue weighted by molar-refractivity contribution is 0.0498. The van der Waals surface area contributed by atoms with E-state index in [0.29, 0.717) is 13.1 Å². The zero-order valence-corrected chi connectivity index (χ0v) is 19.5. The fourth-order valence-electron chi connectivity index (χ4n) is 4.70. The number of likely N-dealkylation sites (tertiary alicyclic amines) is 1. The fraction of sp³-hybridized carbons (Fsp3) is 0.280. The third-order valence-electron chi connectivity index (χ3n) is 6.37. The van der Waals surface area contributed by atoms with E-state index in [1.54, 1.807) is 0 Å². The number of carbonyl (C=O) groups is 2. The summed E-state index contributed by atoms with van der Waals surface area (Å²) in [5, 5.41) is 2.08. The number of hydrogen-bond acceptors (Lipinski definition) is 3. The second-order valence-corrected chi connectivity index (χ2v) is 10.4. The summed E-state index contributed by atoms with van der Waals surface area (Å²) in [6, 6.07) is 21.5. The van der Waals surface area contributed by atoms with Crippen LogP contribution in [0.2, 0.25) is 0 Å². The number of carbonyl (C=O) groups excluding carboxylic acids is 2. The Hall–Kier alpha value is -2.31. The van der Waals surface area contributed by atoms with Crippen molar-refractivity contribution in [3.8, 4) is 0 Å². The number of fused-ring (bicyclic) bond motifs is 1. The molecule has 31 heavy (non-hydrogen) atoms. The van der Waals surface area contributed by atoms with Gasteiger partial charge in [0.2, 0.25) is 0 Å². The quantitative estimate of drug-likeness (QED) is 0.477. The van der Waals surface area contributed by atoms with Gasteiger partial charge in [-0.25, -0.2) is 0 Å². The maximum atomic E-state index is 13.3. The van der Waals surface area contributed by atoms with Crippen LogP contribution in [0.15, 0.2) is 71.2 Å². The SMILES string of the molecule is O=C(c1cccc2ccccc12)N1CCC2(CC1)SCCN2C(=O)c1ccc(Br)cc1. The maximum Gasteiger partial charge on any atom is 0.254 e. The van der Waals surface area contributed by atoms with E-state index in [0.717, 1.165) is 51.5 Å². The maximum absolute atomic E-state index is 13.3. The summed E-state index contributed by atoms with van der Waals surface area (Å²) in [5.74, 6) is 1.12. The van der Waals surface area contributed by atoms with E-state index >= 15 is 0 Å². The van der Waals surface area contributed by atoms with Gasteiger partial charge in [-0.15, -0.1) is 11.8 Å². The molecule has 3 aromatic carbocycles. The number of halogens is 1. The zero-order chi connectivity index (χ0) is 21.4. The van der Waals surface area contributed by atoms with Crippen LogP contribution < -0.4 is 0 Å². The zero-order valence-electron chi connectivity index (χ0n) is 17.1. The number of nitrogens with zero attached hydrogens (tertiary/aromatic N) is 2. The first kappa shape index (κ1) is 20.6. The summed E-state index contributed by atoms with van der Waals surface area (Å²) >= 11 is 5.31. The lowest BCUT2D eigenvalue weighted by Crippen LogP contribution is -2.53. The van der Waals surface area contributed by atoms with Crippen LogP contribution in [-0.2, 0) is 0 Å². The van der Waals surface area contributed by atoms with Gasteiger partial charge in [0, 0.05) is 41.0 Å². The molecular weight excluding hydrogens is 472 g/mol. The Kier molecular flexibility index (Phi) is 5.52. The normalized spacial score (nSPS) is 18.0. The van der Waals surface area contributed by atoms with E-state index in [9.17, 15) is 9.59 Å². The average Bonchev–Trinajstić information content (AvgIpc) is 3.21. The third kappa shape index (κ3) is 3.76. The molecule has 2 aliphatic heterocycles. The van der Waals surface area contributed by atoms with Gasteiger partial charge in [0.05, 0.1) is 4.87 Å². The highest BCUT2D eigenvalue weighted by molar-refractivity contribution is 9.10. The van der Waals surface area contributed by atoms with Crippen molar-refractivity contribution in [2.45, 2.75) is 17.7 Å². The molecule has 0 aliphatic carbocycles. The van der Waals surface area contributed by atoms with Crippen molar-refractivity contribution in [2.75, 3.05) is 25.4 Å². The van der Waals surface area contributed by atoms with Crippen LogP contribution in [0.1, 0.15) is 33.6 Å². The molecule has 0 unspecified atom stereocenters. The van der Waals surface area contributed by atoms with Crippen LogP contribution in [0.25, 0.3) is 10.8 Å². The van der Waals surface area contributed by atoms with Crippen LogP contribution in [-0.4, -0.2) is 51.9 Å². The average molecular weight is 495 g/mol. The predicted molar refractivity (Wildman–Crippen MR) is 129 cm³/mol. The van der Waals surface area contributed by atoms with Gasteiger partial charge in [-0.3, -0.25) is 9.59 Å². The minimum Gasteiger partial charge on any atom is -0.338 e. The second-order valence-electron chi connectivity index (χ2n) is 8.08. The Morgan fingerprint density at radius 3 is 2.32 bits per heavy atom. The smallest absolute Gasteiger partial charge is 0.254 e. The first-order valence-corrected chi connectivity index (χ1v) is 12.3. The Labute approximate surface area is 194 Å². The minimum absolute atomic E-state index is 0.0837. The molecule has 2 aliphatic rings. The highest BCUT2D eigenvalue weighted by atomic mass is 79.9. The molecule has 2 saturated heterocycles. The van der Waals surface area contributed by atoms with Gasteiger partial charge in [-0.05, 0) is 53.9 Å². The fourth-order valence-corrected chi connectivity index (χ4v) is 6.42. The highest BCUT2D eigenvalue weighted by Gasteiger charge is 2.47. The standard InChI is InChI=1S/C25H23BrN2O2S/c26-20-10-8-19(9-11-20)23(29)28-16-17-31-25(28)12-14-27(15-13-25)24(30)22-7-3-5-18-4-1-2-6-21(18)22/h1-11H,12-17H2. The lowest BCUT2D eigenvalue weighted by atomic mass is 9.98. The van der Waals surface area contributed by atoms with E-state index in [-0.39, 0.29) is 16.7 Å². The van der Waals surface area contributed by atoms with E-state index in [1.165, 1.54) is 0 Å². The first-order chi connectivity index (χ1) is 15.1. The monoisotopic (exact) mass is 494 g/mol. The van der Waals surface area contributed by atoms with E-state index in [2.05, 4.69) is 15.9 Å². The van der Waals surface area contributed by atoms with Crippen molar-refractivity contribution in [1.29, 1.82) is 0 Å². The number of amides is 2. The Morgan fingerprint density at radius 2 is 1.55 bits per heavy atom. The summed E-state index contributed by atoms with van der Waals surface area (Å²) in [6.45, 7) is 2.09. The molecule has 3 aromatic rings. The lowest BCUT2D eigenvalue weighted by Gasteiger charge is -2.44. The Balaban J connectivity index is 1.33. The van der Waals surface area contributed by atoms with Crippen molar-refractivity contribution in [1.82, 2.24) is 9.80 Å². The van der Waals surface area contributed by atoms with E-state index in [4.69, 9.17) is 0 Å². The molecule has 5 rings (SSSR count).